The summed E-state index contributed by atoms with van der Waals surface area (Å²) >= 11 is 1.93. The maximum Gasteiger partial charge on any atom is 0.318 e. The fourth-order valence-electron chi connectivity index (χ4n) is 5.97. The van der Waals surface area contributed by atoms with Crippen LogP contribution >= 0.6 is 11.8 Å². The number of hydrogen-bond acceptors (Lipinski definition) is 8. The molecule has 0 bridgehead atoms. The number of benzene rings is 1. The van der Waals surface area contributed by atoms with E-state index in [0.717, 1.165) is 71.3 Å². The molecule has 40 heavy (non-hydrogen) atoms. The highest BCUT2D eigenvalue weighted by atomic mass is 32.2. The number of ether oxygens (including phenoxy) is 1. The molecule has 10 heteroatoms. The zero-order chi connectivity index (χ0) is 28.0. The number of nitrogens with two attached hydrogens (primary N) is 1. The van der Waals surface area contributed by atoms with Gasteiger partial charge in [-0.15, -0.1) is 17.7 Å². The van der Waals surface area contributed by atoms with Gasteiger partial charge in [0.2, 0.25) is 0 Å². The summed E-state index contributed by atoms with van der Waals surface area (Å²) in [7, 11) is 3.26. The lowest BCUT2D eigenvalue weighted by Gasteiger charge is -2.31. The van der Waals surface area contributed by atoms with Crippen molar-refractivity contribution < 1.29 is 9.53 Å². The Bertz CT molecular complexity index is 1550. The number of anilines is 2. The summed E-state index contributed by atoms with van der Waals surface area (Å²) in [6, 6.07) is 4.56. The molecule has 6 rings (SSSR count). The summed E-state index contributed by atoms with van der Waals surface area (Å²) in [5.74, 6) is 8.51. The molecule has 1 fully saturated rings. The molecule has 208 valence electrons. The summed E-state index contributed by atoms with van der Waals surface area (Å²) in [5.41, 5.74) is 15.5. The first-order chi connectivity index (χ1) is 19.4. The molecule has 0 radical (unpaired) electrons. The predicted molar refractivity (Wildman–Crippen MR) is 158 cm³/mol. The Morgan fingerprint density at radius 3 is 2.80 bits per heavy atom. The molecule has 1 unspecified atom stereocenters. The van der Waals surface area contributed by atoms with Crippen LogP contribution in [-0.4, -0.2) is 46.4 Å². The van der Waals surface area contributed by atoms with Crippen LogP contribution in [0.4, 0.5) is 11.5 Å². The molecule has 1 aromatic carbocycles. The summed E-state index contributed by atoms with van der Waals surface area (Å²) in [5, 5.41) is 7.57. The van der Waals surface area contributed by atoms with Crippen molar-refractivity contribution in [2.45, 2.75) is 69.5 Å². The van der Waals surface area contributed by atoms with E-state index in [1.165, 1.54) is 24.0 Å². The Balaban J connectivity index is 1.36. The van der Waals surface area contributed by atoms with Crippen molar-refractivity contribution in [3.8, 4) is 17.9 Å². The first-order valence-electron chi connectivity index (χ1n) is 13.9. The standard InChI is InChI=1S/C30H35N7O2S/c1-5-7-19-12-20(31)13-21(26(19)18-8-9-18)25-14-23-22(16-40-25)28(34-30(33-23)39-4)36-10-6-11-37-24(15-36)17(2)27(35-37)29(38)32-3/h12-13,18,25H,6,8-11,14-16,31H2,1-4H3,(H,32,38). The molecule has 0 saturated heterocycles. The topological polar surface area (TPSA) is 111 Å². The molecule has 3 aliphatic rings. The van der Waals surface area contributed by atoms with Crippen LogP contribution in [0.15, 0.2) is 12.1 Å². The van der Waals surface area contributed by atoms with Crippen molar-refractivity contribution in [3.63, 3.8) is 0 Å². The number of carbonyl (C=O) groups excluding carboxylic acids is 1. The third kappa shape index (κ3) is 4.77. The zero-order valence-corrected chi connectivity index (χ0v) is 24.3. The van der Waals surface area contributed by atoms with Gasteiger partial charge in [0.1, 0.15) is 5.82 Å². The lowest BCUT2D eigenvalue weighted by atomic mass is 9.92. The minimum atomic E-state index is -0.159. The van der Waals surface area contributed by atoms with Gasteiger partial charge in [-0.25, -0.2) is 0 Å². The summed E-state index contributed by atoms with van der Waals surface area (Å²) in [6.07, 6.45) is 4.08. The molecular formula is C30H35N7O2S. The second kappa shape index (κ2) is 10.7. The molecule has 3 aromatic rings. The van der Waals surface area contributed by atoms with Crippen molar-refractivity contribution in [1.82, 2.24) is 25.1 Å². The number of nitrogens with zero attached hydrogens (tertiary/aromatic N) is 5. The highest BCUT2D eigenvalue weighted by Crippen LogP contribution is 2.50. The minimum absolute atomic E-state index is 0.159. The second-order valence-electron chi connectivity index (χ2n) is 10.7. The monoisotopic (exact) mass is 557 g/mol. The van der Waals surface area contributed by atoms with E-state index in [2.05, 4.69) is 33.2 Å². The van der Waals surface area contributed by atoms with Gasteiger partial charge in [-0.1, -0.05) is 5.92 Å². The van der Waals surface area contributed by atoms with Crippen molar-refractivity contribution in [2.24, 2.45) is 0 Å². The van der Waals surface area contributed by atoms with E-state index in [4.69, 9.17) is 20.4 Å². The van der Waals surface area contributed by atoms with Gasteiger partial charge in [-0.3, -0.25) is 9.48 Å². The predicted octanol–water partition coefficient (Wildman–Crippen LogP) is 4.12. The van der Waals surface area contributed by atoms with Crippen LogP contribution in [0.3, 0.4) is 0 Å². The highest BCUT2D eigenvalue weighted by molar-refractivity contribution is 7.98. The van der Waals surface area contributed by atoms with E-state index in [9.17, 15) is 4.79 Å². The van der Waals surface area contributed by atoms with Gasteiger partial charge in [0.15, 0.2) is 5.69 Å². The number of rotatable bonds is 5. The van der Waals surface area contributed by atoms with Gasteiger partial charge in [-0.2, -0.15) is 15.1 Å². The molecule has 3 N–H and O–H groups in total. The van der Waals surface area contributed by atoms with E-state index in [-0.39, 0.29) is 11.2 Å². The van der Waals surface area contributed by atoms with Gasteiger partial charge in [0.05, 0.1) is 25.0 Å². The Morgan fingerprint density at radius 1 is 1.25 bits per heavy atom. The fourth-order valence-corrected chi connectivity index (χ4v) is 7.29. The largest absolute Gasteiger partial charge is 0.467 e. The number of fused-ring (bicyclic) bond motifs is 2. The molecule has 0 spiro atoms. The number of aryl methyl sites for hydroxylation is 1. The van der Waals surface area contributed by atoms with E-state index < -0.39 is 0 Å². The normalized spacial score (nSPS) is 18.2. The molecule has 2 aromatic heterocycles. The number of aromatic nitrogens is 4. The lowest BCUT2D eigenvalue weighted by Crippen LogP contribution is -2.27. The number of nitrogens with one attached hydrogen (secondary N) is 1. The average molecular weight is 558 g/mol. The maximum atomic E-state index is 12.4. The number of carbonyl (C=O) groups is 1. The fraction of sp³-hybridized carbons (Fsp3) is 0.467. The van der Waals surface area contributed by atoms with Gasteiger partial charge < -0.3 is 20.7 Å². The molecule has 1 saturated carbocycles. The van der Waals surface area contributed by atoms with Crippen molar-refractivity contribution in [1.29, 1.82) is 0 Å². The summed E-state index contributed by atoms with van der Waals surface area (Å²) in [4.78, 5) is 24.4. The SMILES string of the molecule is CC#Cc1cc(N)cc(C2Cc3nc(OC)nc(N4CCCn5nc(C(=O)NC)c(C)c5C4)c3CS2)c1C1CC1. The smallest absolute Gasteiger partial charge is 0.318 e. The molecule has 9 nitrogen and oxygen atoms in total. The van der Waals surface area contributed by atoms with Gasteiger partial charge >= 0.3 is 6.01 Å². The van der Waals surface area contributed by atoms with Gasteiger partial charge in [-0.05, 0) is 62.3 Å². The van der Waals surface area contributed by atoms with Gasteiger partial charge in [0.25, 0.3) is 5.91 Å². The van der Waals surface area contributed by atoms with E-state index >= 15 is 0 Å². The molecule has 1 atom stereocenters. The Labute approximate surface area is 239 Å². The van der Waals surface area contributed by atoms with E-state index in [1.54, 1.807) is 14.2 Å². The van der Waals surface area contributed by atoms with Gasteiger partial charge in [0, 0.05) is 59.9 Å². The Morgan fingerprint density at radius 2 is 2.08 bits per heavy atom. The Hall–Kier alpha value is -3.71. The number of thioether (sulfide) groups is 1. The number of nitrogen functional groups attached to an aromatic ring is 1. The second-order valence-corrected chi connectivity index (χ2v) is 11.9. The quantitative estimate of drug-likeness (QED) is 0.356. The Kier molecular flexibility index (Phi) is 7.09. The number of hydrogen-bond donors (Lipinski definition) is 2. The first kappa shape index (κ1) is 26.5. The van der Waals surface area contributed by atoms with Crippen molar-refractivity contribution in [3.05, 3.63) is 57.0 Å². The van der Waals surface area contributed by atoms with Crippen molar-refractivity contribution >= 4 is 29.2 Å². The highest BCUT2D eigenvalue weighted by Gasteiger charge is 2.35. The minimum Gasteiger partial charge on any atom is -0.467 e. The van der Waals surface area contributed by atoms with Crippen LogP contribution in [0.2, 0.25) is 0 Å². The third-order valence-corrected chi connectivity index (χ3v) is 9.35. The third-order valence-electron chi connectivity index (χ3n) is 8.07. The van der Waals surface area contributed by atoms with Crippen LogP contribution in [0.25, 0.3) is 0 Å². The first-order valence-corrected chi connectivity index (χ1v) is 14.9. The van der Waals surface area contributed by atoms with E-state index in [0.29, 0.717) is 24.2 Å². The zero-order valence-electron chi connectivity index (χ0n) is 23.5. The molecule has 2 aliphatic heterocycles. The maximum absolute atomic E-state index is 12.4. The lowest BCUT2D eigenvalue weighted by molar-refractivity contribution is 0.0956. The average Bonchev–Trinajstić information content (AvgIpc) is 3.78. The van der Waals surface area contributed by atoms with Crippen molar-refractivity contribution in [2.75, 3.05) is 31.3 Å². The number of amides is 1. The summed E-state index contributed by atoms with van der Waals surface area (Å²) in [6.45, 7) is 6.07. The molecule has 1 amide bonds. The van der Waals surface area contributed by atoms with Crippen LogP contribution in [0, 0.1) is 18.8 Å². The molecule has 1 aliphatic carbocycles. The number of methoxy groups -OCH3 is 1. The van der Waals surface area contributed by atoms with Crippen LogP contribution in [0.1, 0.15) is 87.0 Å². The van der Waals surface area contributed by atoms with Crippen LogP contribution in [0.5, 0.6) is 6.01 Å². The van der Waals surface area contributed by atoms with Crippen LogP contribution < -0.4 is 20.7 Å². The summed E-state index contributed by atoms with van der Waals surface area (Å²) < 4.78 is 7.58. The molecule has 4 heterocycles. The van der Waals surface area contributed by atoms with E-state index in [1.807, 2.05) is 36.4 Å². The van der Waals surface area contributed by atoms with Crippen LogP contribution in [-0.2, 0) is 25.3 Å². The molecular weight excluding hydrogens is 522 g/mol.